The van der Waals surface area contributed by atoms with Crippen molar-refractivity contribution < 1.29 is 0 Å². The zero-order valence-electron chi connectivity index (χ0n) is 9.72. The van der Waals surface area contributed by atoms with E-state index in [9.17, 15) is 0 Å². The van der Waals surface area contributed by atoms with Crippen molar-refractivity contribution in [1.29, 1.82) is 0 Å². The van der Waals surface area contributed by atoms with Crippen molar-refractivity contribution in [3.8, 4) is 0 Å². The molecule has 1 rings (SSSR count). The summed E-state index contributed by atoms with van der Waals surface area (Å²) in [6, 6.07) is 4.96. The second-order valence-corrected chi connectivity index (χ2v) is 6.76. The summed E-state index contributed by atoms with van der Waals surface area (Å²) in [6.45, 7) is 7.91. The summed E-state index contributed by atoms with van der Waals surface area (Å²) in [7, 11) is 0. The molecule has 0 aliphatic heterocycles. The van der Waals surface area contributed by atoms with Crippen molar-refractivity contribution in [2.45, 2.75) is 39.7 Å². The Morgan fingerprint density at radius 2 is 2.13 bits per heavy atom. The number of nitrogens with one attached hydrogen (secondary N) is 1. The van der Waals surface area contributed by atoms with Crippen LogP contribution < -0.4 is 5.32 Å². The van der Waals surface area contributed by atoms with Crippen molar-refractivity contribution in [3.05, 3.63) is 20.8 Å². The van der Waals surface area contributed by atoms with Crippen LogP contribution in [0.2, 0.25) is 0 Å². The third kappa shape index (κ3) is 4.66. The van der Waals surface area contributed by atoms with Crippen LogP contribution in [-0.2, 0) is 6.42 Å². The van der Waals surface area contributed by atoms with Gasteiger partial charge in [0.25, 0.3) is 0 Å². The molecule has 1 heterocycles. The Hall–Kier alpha value is 0.140. The average molecular weight is 290 g/mol. The molecule has 1 unspecified atom stereocenters. The van der Waals surface area contributed by atoms with Crippen LogP contribution in [0.1, 0.15) is 32.1 Å². The van der Waals surface area contributed by atoms with E-state index >= 15 is 0 Å². The normalized spacial score (nSPS) is 13.4. The summed E-state index contributed by atoms with van der Waals surface area (Å²) >= 11 is 5.35. The van der Waals surface area contributed by atoms with Crippen LogP contribution in [0.5, 0.6) is 0 Å². The van der Waals surface area contributed by atoms with Crippen LogP contribution in [0.3, 0.4) is 0 Å². The Balaban J connectivity index is 2.50. The van der Waals surface area contributed by atoms with Crippen LogP contribution in [0.25, 0.3) is 0 Å². The predicted octanol–water partition coefficient (Wildman–Crippen LogP) is 4.08. The maximum atomic E-state index is 3.62. The second kappa shape index (κ2) is 6.66. The van der Waals surface area contributed by atoms with Crippen molar-refractivity contribution in [3.63, 3.8) is 0 Å². The molecule has 0 fully saturated rings. The smallest absolute Gasteiger partial charge is 0.0701 e. The third-order valence-electron chi connectivity index (χ3n) is 2.51. The monoisotopic (exact) mass is 289 g/mol. The molecule has 3 heteroatoms. The molecule has 1 aromatic heterocycles. The second-order valence-electron chi connectivity index (χ2n) is 4.21. The van der Waals surface area contributed by atoms with Gasteiger partial charge in [-0.3, -0.25) is 0 Å². The first-order valence-corrected chi connectivity index (χ1v) is 7.22. The van der Waals surface area contributed by atoms with Gasteiger partial charge in [0, 0.05) is 10.9 Å². The van der Waals surface area contributed by atoms with Crippen molar-refractivity contribution in [2.24, 2.45) is 5.92 Å². The van der Waals surface area contributed by atoms with Crippen molar-refractivity contribution in [1.82, 2.24) is 5.32 Å². The van der Waals surface area contributed by atoms with E-state index in [1.165, 1.54) is 15.1 Å². The van der Waals surface area contributed by atoms with Crippen LogP contribution in [0.15, 0.2) is 15.9 Å². The van der Waals surface area contributed by atoms with Crippen molar-refractivity contribution >= 4 is 27.3 Å². The number of rotatable bonds is 6. The van der Waals surface area contributed by atoms with E-state index in [0.29, 0.717) is 12.0 Å². The van der Waals surface area contributed by atoms with Gasteiger partial charge in [-0.25, -0.2) is 0 Å². The molecule has 0 bridgehead atoms. The summed E-state index contributed by atoms with van der Waals surface area (Å²) in [5.74, 6) is 0.692. The Labute approximate surface area is 105 Å². The summed E-state index contributed by atoms with van der Waals surface area (Å²) < 4.78 is 1.23. The maximum Gasteiger partial charge on any atom is 0.0701 e. The molecule has 0 aliphatic carbocycles. The van der Waals surface area contributed by atoms with E-state index in [0.717, 1.165) is 13.0 Å². The van der Waals surface area contributed by atoms with Gasteiger partial charge in [-0.2, -0.15) is 0 Å². The lowest BCUT2D eigenvalue weighted by Crippen LogP contribution is -2.36. The zero-order chi connectivity index (χ0) is 11.3. The SMILES string of the molecule is CCCNC(Cc1ccc(Br)s1)C(C)C. The minimum Gasteiger partial charge on any atom is -0.313 e. The lowest BCUT2D eigenvalue weighted by molar-refractivity contribution is 0.399. The van der Waals surface area contributed by atoms with Gasteiger partial charge in [0.2, 0.25) is 0 Å². The van der Waals surface area contributed by atoms with Crippen LogP contribution >= 0.6 is 27.3 Å². The molecule has 0 radical (unpaired) electrons. The molecular weight excluding hydrogens is 270 g/mol. The quantitative estimate of drug-likeness (QED) is 0.832. The highest BCUT2D eigenvalue weighted by Gasteiger charge is 2.13. The molecule has 0 spiro atoms. The Kier molecular flexibility index (Phi) is 5.87. The number of hydrogen-bond acceptors (Lipinski definition) is 2. The fourth-order valence-electron chi connectivity index (χ4n) is 1.55. The van der Waals surface area contributed by atoms with E-state index in [4.69, 9.17) is 0 Å². The third-order valence-corrected chi connectivity index (χ3v) is 4.16. The first-order chi connectivity index (χ1) is 7.13. The summed E-state index contributed by atoms with van der Waals surface area (Å²) in [5.41, 5.74) is 0. The lowest BCUT2D eigenvalue weighted by Gasteiger charge is -2.21. The Morgan fingerprint density at radius 1 is 1.40 bits per heavy atom. The van der Waals surface area contributed by atoms with E-state index in [1.807, 2.05) is 11.3 Å². The van der Waals surface area contributed by atoms with E-state index < -0.39 is 0 Å². The van der Waals surface area contributed by atoms with E-state index in [1.54, 1.807) is 0 Å². The first kappa shape index (κ1) is 13.2. The highest BCUT2D eigenvalue weighted by atomic mass is 79.9. The van der Waals surface area contributed by atoms with Gasteiger partial charge in [0.05, 0.1) is 3.79 Å². The summed E-state index contributed by atoms with van der Waals surface area (Å²) in [4.78, 5) is 1.46. The summed E-state index contributed by atoms with van der Waals surface area (Å²) in [5, 5.41) is 3.62. The highest BCUT2D eigenvalue weighted by molar-refractivity contribution is 9.11. The minimum atomic E-state index is 0.607. The molecule has 0 aromatic carbocycles. The molecule has 0 saturated carbocycles. The fourth-order valence-corrected chi connectivity index (χ4v) is 3.09. The predicted molar refractivity (Wildman–Crippen MR) is 72.6 cm³/mol. The number of hydrogen-bond donors (Lipinski definition) is 1. The molecule has 86 valence electrons. The average Bonchev–Trinajstić information content (AvgIpc) is 2.58. The Bertz CT molecular complexity index is 283. The van der Waals surface area contributed by atoms with Crippen LogP contribution in [0.4, 0.5) is 0 Å². The lowest BCUT2D eigenvalue weighted by atomic mass is 10.00. The number of halogens is 1. The minimum absolute atomic E-state index is 0.607. The Morgan fingerprint density at radius 3 is 2.60 bits per heavy atom. The highest BCUT2D eigenvalue weighted by Crippen LogP contribution is 2.24. The van der Waals surface area contributed by atoms with E-state index in [-0.39, 0.29) is 0 Å². The van der Waals surface area contributed by atoms with Gasteiger partial charge < -0.3 is 5.32 Å². The molecule has 0 amide bonds. The fraction of sp³-hybridized carbons (Fsp3) is 0.667. The van der Waals surface area contributed by atoms with Gasteiger partial charge in [-0.05, 0) is 53.4 Å². The molecule has 15 heavy (non-hydrogen) atoms. The van der Waals surface area contributed by atoms with E-state index in [2.05, 4.69) is 54.2 Å². The first-order valence-electron chi connectivity index (χ1n) is 5.61. The molecule has 0 aliphatic rings. The van der Waals surface area contributed by atoms with Crippen LogP contribution in [-0.4, -0.2) is 12.6 Å². The molecular formula is C12H20BrNS. The van der Waals surface area contributed by atoms with Crippen molar-refractivity contribution in [2.75, 3.05) is 6.54 Å². The largest absolute Gasteiger partial charge is 0.313 e. The molecule has 0 saturated heterocycles. The summed E-state index contributed by atoms with van der Waals surface area (Å²) in [6.07, 6.45) is 2.35. The maximum absolute atomic E-state index is 3.62. The van der Waals surface area contributed by atoms with Gasteiger partial charge in [-0.1, -0.05) is 20.8 Å². The molecule has 1 aromatic rings. The van der Waals surface area contributed by atoms with Gasteiger partial charge in [0.15, 0.2) is 0 Å². The van der Waals surface area contributed by atoms with Crippen LogP contribution in [0, 0.1) is 5.92 Å². The topological polar surface area (TPSA) is 12.0 Å². The van der Waals surface area contributed by atoms with Gasteiger partial charge in [-0.15, -0.1) is 11.3 Å². The zero-order valence-corrected chi connectivity index (χ0v) is 12.1. The molecule has 1 atom stereocenters. The molecule has 1 N–H and O–H groups in total. The van der Waals surface area contributed by atoms with Gasteiger partial charge in [0.1, 0.15) is 0 Å². The standard InChI is InChI=1S/C12H20BrNS/c1-4-7-14-11(9(2)3)8-10-5-6-12(13)15-10/h5-6,9,11,14H,4,7-8H2,1-3H3. The van der Waals surface area contributed by atoms with Gasteiger partial charge >= 0.3 is 0 Å². The number of thiophene rings is 1. The molecule has 1 nitrogen and oxygen atoms in total.